The van der Waals surface area contributed by atoms with Crippen molar-refractivity contribution in [2.75, 3.05) is 0 Å². The Morgan fingerprint density at radius 1 is 0.842 bits per heavy atom. The lowest BCUT2D eigenvalue weighted by Gasteiger charge is -2.00. The van der Waals surface area contributed by atoms with E-state index in [1.54, 1.807) is 0 Å². The van der Waals surface area contributed by atoms with Gasteiger partial charge < -0.3 is 0 Å². The molecular weight excluding hydrogens is 298 g/mol. The fourth-order valence-electron chi connectivity index (χ4n) is 1.91. The van der Waals surface area contributed by atoms with Gasteiger partial charge in [-0.3, -0.25) is 0 Å². The summed E-state index contributed by atoms with van der Waals surface area (Å²) in [6.07, 6.45) is 0. The van der Waals surface area contributed by atoms with E-state index in [2.05, 4.69) is 32.8 Å². The lowest BCUT2D eigenvalue weighted by Crippen LogP contribution is -1.85. The first-order valence-electron chi connectivity index (χ1n) is 5.95. The highest BCUT2D eigenvalue weighted by molar-refractivity contribution is 9.10. The van der Waals surface area contributed by atoms with Gasteiger partial charge in [0.1, 0.15) is 4.60 Å². The Hall–Kier alpha value is -2.11. The molecule has 0 fully saturated rings. The van der Waals surface area contributed by atoms with E-state index in [4.69, 9.17) is 0 Å². The number of hydrogen-bond acceptors (Lipinski definition) is 1. The smallest absolute Gasteiger partial charge is 0.108 e. The van der Waals surface area contributed by atoms with Crippen LogP contribution in [0.15, 0.2) is 65.3 Å². The first-order valence-corrected chi connectivity index (χ1v) is 6.74. The van der Waals surface area contributed by atoms with Gasteiger partial charge in [-0.25, -0.2) is 4.98 Å². The van der Waals surface area contributed by atoms with Crippen LogP contribution >= 0.6 is 15.9 Å². The van der Waals surface area contributed by atoms with Gasteiger partial charge in [-0.05, 0) is 40.2 Å². The van der Waals surface area contributed by atoms with Gasteiger partial charge >= 0.3 is 0 Å². The third-order valence-corrected chi connectivity index (χ3v) is 3.21. The summed E-state index contributed by atoms with van der Waals surface area (Å²) >= 11 is 3.43. The number of pyridine rings is 1. The highest BCUT2D eigenvalue weighted by Crippen LogP contribution is 2.20. The normalized spacial score (nSPS) is 9.95. The first-order chi connectivity index (χ1) is 9.33. The van der Waals surface area contributed by atoms with Crippen LogP contribution in [0, 0.1) is 11.8 Å². The predicted octanol–water partition coefficient (Wildman–Crippen LogP) is 4.40. The van der Waals surface area contributed by atoms with Crippen molar-refractivity contribution in [3.8, 4) is 11.8 Å². The van der Waals surface area contributed by atoms with Crippen LogP contribution in [0.2, 0.25) is 0 Å². The molecule has 0 saturated carbocycles. The van der Waals surface area contributed by atoms with E-state index in [-0.39, 0.29) is 0 Å². The number of rotatable bonds is 0. The molecule has 0 aliphatic carbocycles. The maximum absolute atomic E-state index is 4.44. The van der Waals surface area contributed by atoms with Crippen LogP contribution in [0.1, 0.15) is 11.1 Å². The Kier molecular flexibility index (Phi) is 3.31. The maximum Gasteiger partial charge on any atom is 0.108 e. The molecule has 0 saturated heterocycles. The average Bonchev–Trinajstić information content (AvgIpc) is 2.45. The van der Waals surface area contributed by atoms with Crippen LogP contribution in [0.3, 0.4) is 0 Å². The molecule has 2 heteroatoms. The molecular formula is C17H10BrN. The molecule has 0 aliphatic heterocycles. The van der Waals surface area contributed by atoms with E-state index in [9.17, 15) is 0 Å². The van der Waals surface area contributed by atoms with Crippen LogP contribution in [0.4, 0.5) is 0 Å². The van der Waals surface area contributed by atoms with E-state index < -0.39 is 0 Å². The monoisotopic (exact) mass is 307 g/mol. The number of fused-ring (bicyclic) bond motifs is 1. The van der Waals surface area contributed by atoms with Crippen LogP contribution in [0.5, 0.6) is 0 Å². The molecule has 0 spiro atoms. The van der Waals surface area contributed by atoms with Gasteiger partial charge in [0.2, 0.25) is 0 Å². The summed E-state index contributed by atoms with van der Waals surface area (Å²) in [5, 5.41) is 1.08. The zero-order valence-electron chi connectivity index (χ0n) is 10.1. The molecule has 0 amide bonds. The number of halogens is 1. The quantitative estimate of drug-likeness (QED) is 0.443. The molecule has 1 nitrogen and oxygen atoms in total. The molecule has 90 valence electrons. The Morgan fingerprint density at radius 2 is 1.58 bits per heavy atom. The number of aromatic nitrogens is 1. The Bertz CT molecular complexity index is 782. The Morgan fingerprint density at radius 3 is 2.42 bits per heavy atom. The third-order valence-electron chi connectivity index (χ3n) is 2.80. The molecule has 0 radical (unpaired) electrons. The van der Waals surface area contributed by atoms with Crippen LogP contribution < -0.4 is 0 Å². The van der Waals surface area contributed by atoms with Crippen molar-refractivity contribution in [3.63, 3.8) is 0 Å². The van der Waals surface area contributed by atoms with E-state index in [0.29, 0.717) is 0 Å². The predicted molar refractivity (Wildman–Crippen MR) is 81.9 cm³/mol. The molecule has 0 unspecified atom stereocenters. The van der Waals surface area contributed by atoms with Gasteiger partial charge in [0.15, 0.2) is 0 Å². The molecule has 1 heterocycles. The topological polar surface area (TPSA) is 12.9 Å². The second-order valence-electron chi connectivity index (χ2n) is 4.13. The van der Waals surface area contributed by atoms with Crippen molar-refractivity contribution in [2.45, 2.75) is 0 Å². The molecule has 3 rings (SSSR count). The van der Waals surface area contributed by atoms with E-state index >= 15 is 0 Å². The molecule has 0 atom stereocenters. The van der Waals surface area contributed by atoms with Crippen LogP contribution in [-0.2, 0) is 0 Å². The Balaban J connectivity index is 2.13. The number of hydrogen-bond donors (Lipinski definition) is 0. The molecule has 0 N–H and O–H groups in total. The van der Waals surface area contributed by atoms with Crippen LogP contribution in [-0.4, -0.2) is 4.98 Å². The van der Waals surface area contributed by atoms with Crippen molar-refractivity contribution in [3.05, 3.63) is 76.4 Å². The van der Waals surface area contributed by atoms with Crippen molar-refractivity contribution in [1.29, 1.82) is 0 Å². The summed E-state index contributed by atoms with van der Waals surface area (Å²) in [6.45, 7) is 0. The average molecular weight is 308 g/mol. The number of nitrogens with zero attached hydrogens (tertiary/aromatic N) is 1. The van der Waals surface area contributed by atoms with E-state index in [0.717, 1.165) is 26.6 Å². The van der Waals surface area contributed by atoms with E-state index in [1.807, 2.05) is 60.7 Å². The molecule has 2 aromatic carbocycles. The van der Waals surface area contributed by atoms with Gasteiger partial charge in [-0.15, -0.1) is 0 Å². The molecule has 19 heavy (non-hydrogen) atoms. The lowest BCUT2D eigenvalue weighted by atomic mass is 10.1. The van der Waals surface area contributed by atoms with Gasteiger partial charge in [-0.1, -0.05) is 48.2 Å². The zero-order chi connectivity index (χ0) is 13.1. The van der Waals surface area contributed by atoms with Gasteiger partial charge in [0.25, 0.3) is 0 Å². The minimum Gasteiger partial charge on any atom is -0.241 e. The summed E-state index contributed by atoms with van der Waals surface area (Å²) in [5.74, 6) is 6.41. The fraction of sp³-hybridized carbons (Fsp3) is 0. The standard InChI is InChI=1S/C17H10BrN/c18-17-12-14(11-10-13-6-2-1-3-7-13)15-8-4-5-9-16(15)19-17/h1-9,12H. The Labute approximate surface area is 120 Å². The van der Waals surface area contributed by atoms with Gasteiger partial charge in [0.05, 0.1) is 5.52 Å². The van der Waals surface area contributed by atoms with Crippen molar-refractivity contribution in [1.82, 2.24) is 4.98 Å². The fourth-order valence-corrected chi connectivity index (χ4v) is 2.33. The minimum atomic E-state index is 0.809. The van der Waals surface area contributed by atoms with Gasteiger partial charge in [0, 0.05) is 16.5 Å². The second kappa shape index (κ2) is 5.26. The largest absolute Gasteiger partial charge is 0.241 e. The van der Waals surface area contributed by atoms with E-state index in [1.165, 1.54) is 0 Å². The zero-order valence-corrected chi connectivity index (χ0v) is 11.7. The highest BCUT2D eigenvalue weighted by atomic mass is 79.9. The summed E-state index contributed by atoms with van der Waals surface area (Å²) in [5.41, 5.74) is 2.95. The molecule has 0 bridgehead atoms. The second-order valence-corrected chi connectivity index (χ2v) is 4.94. The lowest BCUT2D eigenvalue weighted by molar-refractivity contribution is 1.34. The highest BCUT2D eigenvalue weighted by Gasteiger charge is 2.01. The molecule has 1 aromatic heterocycles. The third kappa shape index (κ3) is 2.67. The number of para-hydroxylation sites is 1. The van der Waals surface area contributed by atoms with Crippen molar-refractivity contribution >= 4 is 26.8 Å². The molecule has 3 aromatic rings. The first kappa shape index (κ1) is 12.0. The summed E-state index contributed by atoms with van der Waals surface area (Å²) in [6, 6.07) is 20.0. The summed E-state index contributed by atoms with van der Waals surface area (Å²) in [4.78, 5) is 4.44. The SMILES string of the molecule is Brc1cc(C#Cc2ccccc2)c2ccccc2n1. The van der Waals surface area contributed by atoms with Crippen LogP contribution in [0.25, 0.3) is 10.9 Å². The van der Waals surface area contributed by atoms with Crippen molar-refractivity contribution < 1.29 is 0 Å². The van der Waals surface area contributed by atoms with Crippen molar-refractivity contribution in [2.24, 2.45) is 0 Å². The minimum absolute atomic E-state index is 0.809. The molecule has 0 aliphatic rings. The summed E-state index contributed by atoms with van der Waals surface area (Å²) < 4.78 is 0.809. The van der Waals surface area contributed by atoms with Gasteiger partial charge in [-0.2, -0.15) is 0 Å². The number of benzene rings is 2. The summed E-state index contributed by atoms with van der Waals surface area (Å²) in [7, 11) is 0. The maximum atomic E-state index is 4.44.